The number of anilines is 1. The van der Waals surface area contributed by atoms with Gasteiger partial charge in [0.15, 0.2) is 0 Å². The van der Waals surface area contributed by atoms with E-state index in [2.05, 4.69) is 0 Å². The first-order valence-electron chi connectivity index (χ1n) is 5.36. The molecule has 1 aliphatic heterocycles. The lowest BCUT2D eigenvalue weighted by molar-refractivity contribution is -0.384. The van der Waals surface area contributed by atoms with Crippen LogP contribution in [0, 0.1) is 10.1 Å². The lowest BCUT2D eigenvalue weighted by Crippen LogP contribution is -2.19. The summed E-state index contributed by atoms with van der Waals surface area (Å²) < 4.78 is 0. The number of carboxylic acids is 1. The number of aromatic carboxylic acids is 1. The van der Waals surface area contributed by atoms with Gasteiger partial charge in [-0.1, -0.05) is 0 Å². The highest BCUT2D eigenvalue weighted by Crippen LogP contribution is 2.31. The Hall–Kier alpha value is -1.82. The standard InChI is InChI=1S/C11H12N2O4.ClH/c14-11(15)8-3-4-9(10(7-8)13(16)17)12-5-1-2-6-12;/h3-4,7H,1-2,5-6H2,(H,14,15);1H. The Morgan fingerprint density at radius 1 is 1.33 bits per heavy atom. The summed E-state index contributed by atoms with van der Waals surface area (Å²) in [4.78, 5) is 23.1. The monoisotopic (exact) mass is 272 g/mol. The summed E-state index contributed by atoms with van der Waals surface area (Å²) in [6, 6.07) is 4.05. The van der Waals surface area contributed by atoms with Crippen molar-refractivity contribution in [3.05, 3.63) is 33.9 Å². The second-order valence-electron chi connectivity index (χ2n) is 3.96. The number of nitro benzene ring substituents is 1. The first kappa shape index (κ1) is 14.2. The third kappa shape index (κ3) is 2.70. The molecule has 0 aliphatic carbocycles. The summed E-state index contributed by atoms with van der Waals surface area (Å²) in [6.07, 6.45) is 2.02. The van der Waals surface area contributed by atoms with Crippen molar-refractivity contribution in [2.75, 3.05) is 18.0 Å². The van der Waals surface area contributed by atoms with Crippen molar-refractivity contribution in [1.82, 2.24) is 0 Å². The summed E-state index contributed by atoms with van der Waals surface area (Å²) in [5.41, 5.74) is 0.323. The molecule has 1 aliphatic rings. The summed E-state index contributed by atoms with van der Waals surface area (Å²) in [6.45, 7) is 1.57. The van der Waals surface area contributed by atoms with E-state index in [1.807, 2.05) is 4.90 Å². The Balaban J connectivity index is 0.00000162. The SMILES string of the molecule is Cl.O=C(O)c1ccc(N2CCCC2)c([N+](=O)[O-])c1. The molecule has 0 saturated carbocycles. The minimum atomic E-state index is -1.15. The van der Waals surface area contributed by atoms with E-state index in [0.717, 1.165) is 32.0 Å². The third-order valence-electron chi connectivity index (χ3n) is 2.87. The van der Waals surface area contributed by atoms with Gasteiger partial charge in [-0.25, -0.2) is 4.79 Å². The number of hydrogen-bond donors (Lipinski definition) is 1. The Morgan fingerprint density at radius 2 is 1.94 bits per heavy atom. The Morgan fingerprint density at radius 3 is 2.44 bits per heavy atom. The predicted octanol–water partition coefficient (Wildman–Crippen LogP) is 2.32. The molecule has 1 aromatic carbocycles. The van der Waals surface area contributed by atoms with E-state index in [4.69, 9.17) is 5.11 Å². The average molecular weight is 273 g/mol. The molecule has 0 atom stereocenters. The van der Waals surface area contributed by atoms with Crippen LogP contribution >= 0.6 is 12.4 Å². The molecule has 7 heteroatoms. The van der Waals surface area contributed by atoms with Crippen molar-refractivity contribution >= 4 is 29.8 Å². The first-order chi connectivity index (χ1) is 8.09. The molecule has 98 valence electrons. The molecule has 1 aromatic rings. The number of hydrogen-bond acceptors (Lipinski definition) is 4. The van der Waals surface area contributed by atoms with Gasteiger partial charge in [0.2, 0.25) is 0 Å². The fraction of sp³-hybridized carbons (Fsp3) is 0.364. The van der Waals surface area contributed by atoms with Crippen LogP contribution in [0.1, 0.15) is 23.2 Å². The van der Waals surface area contributed by atoms with Crippen LogP contribution in [0.2, 0.25) is 0 Å². The van der Waals surface area contributed by atoms with Gasteiger partial charge in [0.25, 0.3) is 5.69 Å². The number of rotatable bonds is 3. The Kier molecular flexibility index (Phi) is 4.49. The van der Waals surface area contributed by atoms with Crippen LogP contribution in [0.5, 0.6) is 0 Å². The summed E-state index contributed by atoms with van der Waals surface area (Å²) in [5.74, 6) is -1.15. The molecule has 1 fully saturated rings. The third-order valence-corrected chi connectivity index (χ3v) is 2.87. The molecule has 0 unspecified atom stereocenters. The molecule has 0 spiro atoms. The highest BCUT2D eigenvalue weighted by molar-refractivity contribution is 5.89. The van der Waals surface area contributed by atoms with Crippen LogP contribution in [0.4, 0.5) is 11.4 Å². The maximum absolute atomic E-state index is 10.9. The van der Waals surface area contributed by atoms with Crippen molar-refractivity contribution in [3.63, 3.8) is 0 Å². The van der Waals surface area contributed by atoms with E-state index in [9.17, 15) is 14.9 Å². The van der Waals surface area contributed by atoms with Crippen molar-refractivity contribution in [2.45, 2.75) is 12.8 Å². The maximum atomic E-state index is 10.9. The topological polar surface area (TPSA) is 83.7 Å². The number of carbonyl (C=O) groups is 1. The smallest absolute Gasteiger partial charge is 0.335 e. The molecule has 6 nitrogen and oxygen atoms in total. The number of halogens is 1. The highest BCUT2D eigenvalue weighted by atomic mass is 35.5. The maximum Gasteiger partial charge on any atom is 0.335 e. The Bertz CT molecular complexity index is 472. The van der Waals surface area contributed by atoms with E-state index in [-0.39, 0.29) is 23.7 Å². The minimum Gasteiger partial charge on any atom is -0.478 e. The predicted molar refractivity (Wildman–Crippen MR) is 68.8 cm³/mol. The number of nitrogens with zero attached hydrogens (tertiary/aromatic N) is 2. The van der Waals surface area contributed by atoms with Gasteiger partial charge >= 0.3 is 5.97 Å². The Labute approximate surface area is 110 Å². The lowest BCUT2D eigenvalue weighted by Gasteiger charge is -2.17. The quantitative estimate of drug-likeness (QED) is 0.674. The number of nitro groups is 1. The van der Waals surface area contributed by atoms with Crippen LogP contribution in [0.3, 0.4) is 0 Å². The molecule has 0 radical (unpaired) electrons. The highest BCUT2D eigenvalue weighted by Gasteiger charge is 2.23. The second-order valence-corrected chi connectivity index (χ2v) is 3.96. The molecule has 2 rings (SSSR count). The zero-order chi connectivity index (χ0) is 12.4. The van der Waals surface area contributed by atoms with Gasteiger partial charge in [-0.05, 0) is 25.0 Å². The number of benzene rings is 1. The van der Waals surface area contributed by atoms with Gasteiger partial charge in [-0.3, -0.25) is 10.1 Å². The van der Waals surface area contributed by atoms with Gasteiger partial charge in [0, 0.05) is 19.2 Å². The fourth-order valence-corrected chi connectivity index (χ4v) is 2.03. The molecule has 1 N–H and O–H groups in total. The summed E-state index contributed by atoms with van der Waals surface area (Å²) in [7, 11) is 0. The minimum absolute atomic E-state index is 0. The van der Waals surface area contributed by atoms with Crippen LogP contribution < -0.4 is 4.90 Å². The molecule has 18 heavy (non-hydrogen) atoms. The van der Waals surface area contributed by atoms with Gasteiger partial charge in [0.05, 0.1) is 10.5 Å². The molecular weight excluding hydrogens is 260 g/mol. The van der Waals surface area contributed by atoms with Gasteiger partial charge < -0.3 is 10.0 Å². The molecule has 0 aromatic heterocycles. The van der Waals surface area contributed by atoms with Crippen LogP contribution in [0.25, 0.3) is 0 Å². The zero-order valence-electron chi connectivity index (χ0n) is 9.54. The number of carboxylic acid groups (broad SMARTS) is 1. The first-order valence-corrected chi connectivity index (χ1v) is 5.36. The summed E-state index contributed by atoms with van der Waals surface area (Å²) >= 11 is 0. The fourth-order valence-electron chi connectivity index (χ4n) is 2.03. The van der Waals surface area contributed by atoms with Gasteiger partial charge in [-0.15, -0.1) is 12.4 Å². The van der Waals surface area contributed by atoms with Crippen molar-refractivity contribution in [1.29, 1.82) is 0 Å². The molecular formula is C11H13ClN2O4. The van der Waals surface area contributed by atoms with E-state index in [0.29, 0.717) is 5.69 Å². The van der Waals surface area contributed by atoms with E-state index >= 15 is 0 Å². The summed E-state index contributed by atoms with van der Waals surface area (Å²) in [5, 5.41) is 19.8. The van der Waals surface area contributed by atoms with Crippen molar-refractivity contribution < 1.29 is 14.8 Å². The normalized spacial score (nSPS) is 14.1. The second kappa shape index (κ2) is 5.68. The van der Waals surface area contributed by atoms with Crippen LogP contribution in [-0.4, -0.2) is 29.1 Å². The van der Waals surface area contributed by atoms with Crippen molar-refractivity contribution in [3.8, 4) is 0 Å². The van der Waals surface area contributed by atoms with Gasteiger partial charge in [0.1, 0.15) is 5.69 Å². The lowest BCUT2D eigenvalue weighted by atomic mass is 10.1. The average Bonchev–Trinajstić information content (AvgIpc) is 2.81. The largest absolute Gasteiger partial charge is 0.478 e. The van der Waals surface area contributed by atoms with E-state index < -0.39 is 10.9 Å². The van der Waals surface area contributed by atoms with Crippen molar-refractivity contribution in [2.24, 2.45) is 0 Å². The molecule has 0 bridgehead atoms. The van der Waals surface area contributed by atoms with E-state index in [1.165, 1.54) is 12.1 Å². The van der Waals surface area contributed by atoms with E-state index in [1.54, 1.807) is 0 Å². The van der Waals surface area contributed by atoms with Crippen LogP contribution in [0.15, 0.2) is 18.2 Å². The van der Waals surface area contributed by atoms with Crippen LogP contribution in [-0.2, 0) is 0 Å². The zero-order valence-corrected chi connectivity index (χ0v) is 10.4. The molecule has 0 amide bonds. The molecule has 1 saturated heterocycles. The molecule has 1 heterocycles. The van der Waals surface area contributed by atoms with Gasteiger partial charge in [-0.2, -0.15) is 0 Å².